The van der Waals surface area contributed by atoms with Crippen molar-refractivity contribution in [3.05, 3.63) is 22.3 Å². The van der Waals surface area contributed by atoms with Crippen LogP contribution in [0.15, 0.2) is 12.3 Å². The van der Waals surface area contributed by atoms with Gasteiger partial charge in [0, 0.05) is 12.7 Å². The van der Waals surface area contributed by atoms with E-state index in [1.807, 2.05) is 0 Å². The number of nitrogens with zero attached hydrogens (tertiary/aromatic N) is 1. The first-order valence-electron chi connectivity index (χ1n) is 6.19. The highest BCUT2D eigenvalue weighted by Crippen LogP contribution is 2.24. The molecule has 1 amide bonds. The number of hydrogen-bond acceptors (Lipinski definition) is 5. The monoisotopic (exact) mass is 319 g/mol. The number of ether oxygens (including phenoxy) is 2. The average molecular weight is 320 g/mol. The Kier molecular flexibility index (Phi) is 5.85. The molecule has 1 atom stereocenters. The quantitative estimate of drug-likeness (QED) is 0.788. The van der Waals surface area contributed by atoms with Crippen molar-refractivity contribution in [1.82, 2.24) is 15.6 Å². The van der Waals surface area contributed by atoms with Crippen LogP contribution in [0.4, 0.5) is 0 Å². The SMILES string of the molecule is O=C(NCCOc1ncc(Cl)cc1Cl)[C@H]1COCCN1. The highest BCUT2D eigenvalue weighted by molar-refractivity contribution is 6.35. The fourth-order valence-electron chi connectivity index (χ4n) is 1.69. The van der Waals surface area contributed by atoms with Crippen molar-refractivity contribution < 1.29 is 14.3 Å². The van der Waals surface area contributed by atoms with Crippen molar-refractivity contribution in [2.45, 2.75) is 6.04 Å². The summed E-state index contributed by atoms with van der Waals surface area (Å²) in [4.78, 5) is 15.7. The van der Waals surface area contributed by atoms with E-state index in [4.69, 9.17) is 32.7 Å². The van der Waals surface area contributed by atoms with E-state index >= 15 is 0 Å². The molecule has 1 aromatic heterocycles. The van der Waals surface area contributed by atoms with Crippen LogP contribution in [-0.4, -0.2) is 49.8 Å². The minimum atomic E-state index is -0.305. The Morgan fingerprint density at radius 3 is 3.15 bits per heavy atom. The summed E-state index contributed by atoms with van der Waals surface area (Å²) in [6, 6.07) is 1.24. The van der Waals surface area contributed by atoms with Crippen molar-refractivity contribution in [2.75, 3.05) is 32.9 Å². The highest BCUT2D eigenvalue weighted by atomic mass is 35.5. The van der Waals surface area contributed by atoms with Crippen LogP contribution in [0.2, 0.25) is 10.0 Å². The minimum Gasteiger partial charge on any atom is -0.475 e. The molecule has 2 heterocycles. The van der Waals surface area contributed by atoms with E-state index in [-0.39, 0.29) is 18.6 Å². The molecular weight excluding hydrogens is 305 g/mol. The van der Waals surface area contributed by atoms with E-state index in [1.165, 1.54) is 6.20 Å². The summed E-state index contributed by atoms with van der Waals surface area (Å²) in [6.07, 6.45) is 1.45. The molecule has 1 fully saturated rings. The third kappa shape index (κ3) is 4.49. The summed E-state index contributed by atoms with van der Waals surface area (Å²) >= 11 is 11.6. The Morgan fingerprint density at radius 2 is 2.45 bits per heavy atom. The maximum atomic E-state index is 11.8. The van der Waals surface area contributed by atoms with E-state index in [0.29, 0.717) is 42.2 Å². The summed E-state index contributed by atoms with van der Waals surface area (Å²) in [7, 11) is 0. The second kappa shape index (κ2) is 7.64. The van der Waals surface area contributed by atoms with Gasteiger partial charge in [-0.2, -0.15) is 0 Å². The normalized spacial score (nSPS) is 18.6. The van der Waals surface area contributed by atoms with Crippen LogP contribution in [-0.2, 0) is 9.53 Å². The first-order chi connectivity index (χ1) is 9.66. The number of pyridine rings is 1. The summed E-state index contributed by atoms with van der Waals surface area (Å²) in [5.41, 5.74) is 0. The van der Waals surface area contributed by atoms with Crippen molar-refractivity contribution >= 4 is 29.1 Å². The van der Waals surface area contributed by atoms with Gasteiger partial charge in [-0.05, 0) is 6.07 Å². The standard InChI is InChI=1S/C12H15Cl2N3O3/c13-8-5-9(14)12(17-6-8)20-4-2-16-11(18)10-7-19-3-1-15-10/h5-6,10,15H,1-4,7H2,(H,16,18)/t10-/m1/s1. The summed E-state index contributed by atoms with van der Waals surface area (Å²) in [6.45, 7) is 2.33. The second-order valence-corrected chi connectivity index (χ2v) is 5.01. The summed E-state index contributed by atoms with van der Waals surface area (Å²) in [5.74, 6) is 0.188. The van der Waals surface area contributed by atoms with Crippen molar-refractivity contribution in [3.63, 3.8) is 0 Å². The number of amides is 1. The lowest BCUT2D eigenvalue weighted by atomic mass is 10.2. The number of rotatable bonds is 5. The van der Waals surface area contributed by atoms with Crippen molar-refractivity contribution in [1.29, 1.82) is 0 Å². The number of halogens is 2. The molecule has 0 bridgehead atoms. The summed E-state index contributed by atoms with van der Waals surface area (Å²) < 4.78 is 10.6. The van der Waals surface area contributed by atoms with Gasteiger partial charge in [0.05, 0.1) is 24.8 Å². The maximum Gasteiger partial charge on any atom is 0.239 e. The fraction of sp³-hybridized carbons (Fsp3) is 0.500. The molecule has 2 rings (SSSR count). The molecule has 0 unspecified atom stereocenters. The molecule has 1 aliphatic rings. The third-order valence-electron chi connectivity index (χ3n) is 2.65. The number of morpholine rings is 1. The lowest BCUT2D eigenvalue weighted by Crippen LogP contribution is -2.51. The smallest absolute Gasteiger partial charge is 0.239 e. The van der Waals surface area contributed by atoms with Gasteiger partial charge in [0.15, 0.2) is 0 Å². The molecule has 1 aromatic rings. The Labute approximate surface area is 126 Å². The van der Waals surface area contributed by atoms with Crippen LogP contribution < -0.4 is 15.4 Å². The zero-order chi connectivity index (χ0) is 14.4. The molecule has 1 saturated heterocycles. The van der Waals surface area contributed by atoms with E-state index < -0.39 is 0 Å². The molecule has 0 aliphatic carbocycles. The first-order valence-corrected chi connectivity index (χ1v) is 6.95. The lowest BCUT2D eigenvalue weighted by molar-refractivity contribution is -0.126. The van der Waals surface area contributed by atoms with E-state index in [1.54, 1.807) is 6.07 Å². The van der Waals surface area contributed by atoms with Crippen molar-refractivity contribution in [3.8, 4) is 5.88 Å². The Hall–Kier alpha value is -1.08. The van der Waals surface area contributed by atoms with Gasteiger partial charge in [0.1, 0.15) is 17.7 Å². The van der Waals surface area contributed by atoms with Gasteiger partial charge in [-0.15, -0.1) is 0 Å². The Bertz CT molecular complexity index is 467. The van der Waals surface area contributed by atoms with Gasteiger partial charge in [-0.3, -0.25) is 4.79 Å². The molecule has 2 N–H and O–H groups in total. The van der Waals surface area contributed by atoms with Crippen LogP contribution >= 0.6 is 23.2 Å². The van der Waals surface area contributed by atoms with Gasteiger partial charge in [0.2, 0.25) is 11.8 Å². The predicted octanol–water partition coefficient (Wildman–Crippen LogP) is 0.872. The van der Waals surface area contributed by atoms with Crippen LogP contribution in [0.5, 0.6) is 5.88 Å². The number of carbonyl (C=O) groups is 1. The van der Waals surface area contributed by atoms with Gasteiger partial charge in [-0.25, -0.2) is 4.98 Å². The zero-order valence-corrected chi connectivity index (χ0v) is 12.2. The largest absolute Gasteiger partial charge is 0.475 e. The predicted molar refractivity (Wildman–Crippen MR) is 75.4 cm³/mol. The van der Waals surface area contributed by atoms with Gasteiger partial charge in [0.25, 0.3) is 0 Å². The number of aromatic nitrogens is 1. The third-order valence-corrected chi connectivity index (χ3v) is 3.13. The molecule has 0 spiro atoms. The molecule has 8 heteroatoms. The van der Waals surface area contributed by atoms with Gasteiger partial charge >= 0.3 is 0 Å². The molecule has 20 heavy (non-hydrogen) atoms. The minimum absolute atomic E-state index is 0.108. The average Bonchev–Trinajstić information content (AvgIpc) is 2.46. The van der Waals surface area contributed by atoms with Crippen LogP contribution in [0.25, 0.3) is 0 Å². The molecule has 0 radical (unpaired) electrons. The Balaban J connectivity index is 1.69. The molecule has 0 saturated carbocycles. The maximum absolute atomic E-state index is 11.8. The van der Waals surface area contributed by atoms with Gasteiger partial charge < -0.3 is 20.1 Å². The lowest BCUT2D eigenvalue weighted by Gasteiger charge is -2.22. The molecule has 110 valence electrons. The topological polar surface area (TPSA) is 72.5 Å². The molecule has 1 aliphatic heterocycles. The number of carbonyl (C=O) groups excluding carboxylic acids is 1. The molecule has 0 aromatic carbocycles. The molecular formula is C12H15Cl2N3O3. The van der Waals surface area contributed by atoms with Crippen LogP contribution in [0.3, 0.4) is 0 Å². The zero-order valence-electron chi connectivity index (χ0n) is 10.7. The van der Waals surface area contributed by atoms with E-state index in [9.17, 15) is 4.79 Å². The van der Waals surface area contributed by atoms with E-state index in [0.717, 1.165) is 0 Å². The Morgan fingerprint density at radius 1 is 1.60 bits per heavy atom. The first kappa shape index (κ1) is 15.3. The highest BCUT2D eigenvalue weighted by Gasteiger charge is 2.20. The van der Waals surface area contributed by atoms with Crippen LogP contribution in [0, 0.1) is 0 Å². The molecule has 6 nitrogen and oxygen atoms in total. The number of hydrogen-bond donors (Lipinski definition) is 2. The second-order valence-electron chi connectivity index (χ2n) is 4.16. The van der Waals surface area contributed by atoms with Crippen LogP contribution in [0.1, 0.15) is 0 Å². The fourth-order valence-corrected chi connectivity index (χ4v) is 2.12. The number of nitrogens with one attached hydrogen (secondary N) is 2. The summed E-state index contributed by atoms with van der Waals surface area (Å²) in [5, 5.41) is 6.60. The van der Waals surface area contributed by atoms with Crippen molar-refractivity contribution in [2.24, 2.45) is 0 Å². The van der Waals surface area contributed by atoms with E-state index in [2.05, 4.69) is 15.6 Å². The van der Waals surface area contributed by atoms with Gasteiger partial charge in [-0.1, -0.05) is 23.2 Å².